The number of nitrogens with zero attached hydrogens (tertiary/aromatic N) is 1. The lowest BCUT2D eigenvalue weighted by molar-refractivity contribution is 0.211. The second kappa shape index (κ2) is 5.73. The van der Waals surface area contributed by atoms with Crippen molar-refractivity contribution in [3.63, 3.8) is 0 Å². The fourth-order valence-electron chi connectivity index (χ4n) is 1.63. The highest BCUT2D eigenvalue weighted by atomic mass is 35.5. The summed E-state index contributed by atoms with van der Waals surface area (Å²) in [5.74, 6) is 0.753. The number of hydrogen-bond acceptors (Lipinski definition) is 5. The Kier molecular flexibility index (Phi) is 4.27. The Morgan fingerprint density at radius 2 is 2.22 bits per heavy atom. The van der Waals surface area contributed by atoms with E-state index in [1.54, 1.807) is 14.2 Å². The third-order valence-corrected chi connectivity index (χ3v) is 4.19. The quantitative estimate of drug-likeness (QED) is 0.856. The summed E-state index contributed by atoms with van der Waals surface area (Å²) in [7, 11) is 3.31. The summed E-state index contributed by atoms with van der Waals surface area (Å²) >= 11 is 7.82. The predicted octanol–water partition coefficient (Wildman–Crippen LogP) is 3.33. The number of halogens is 1. The van der Waals surface area contributed by atoms with Crippen molar-refractivity contribution in [1.29, 1.82) is 0 Å². The molecule has 0 aliphatic heterocycles. The Labute approximate surface area is 115 Å². The number of thiazole rings is 1. The summed E-state index contributed by atoms with van der Waals surface area (Å²) in [6.07, 6.45) is 0. The molecule has 2 aromatic rings. The van der Waals surface area contributed by atoms with Gasteiger partial charge in [-0.2, -0.15) is 0 Å². The molecule has 1 aromatic carbocycles. The smallest absolute Gasteiger partial charge is 0.184 e. The average molecular weight is 287 g/mol. The Balaban J connectivity index is 2.39. The van der Waals surface area contributed by atoms with Crippen LogP contribution in [0.2, 0.25) is 5.02 Å². The van der Waals surface area contributed by atoms with Crippen molar-refractivity contribution in [2.24, 2.45) is 0 Å². The van der Waals surface area contributed by atoms with Gasteiger partial charge in [-0.1, -0.05) is 22.9 Å². The zero-order chi connectivity index (χ0) is 13.1. The molecule has 0 atom stereocenters. The molecule has 0 amide bonds. The molecule has 1 heterocycles. The van der Waals surface area contributed by atoms with Crippen LogP contribution < -0.4 is 10.1 Å². The molecule has 0 unspecified atom stereocenters. The maximum atomic E-state index is 6.29. The van der Waals surface area contributed by atoms with E-state index in [0.717, 1.165) is 38.2 Å². The molecule has 0 spiro atoms. The highest BCUT2D eigenvalue weighted by Crippen LogP contribution is 2.39. The maximum Gasteiger partial charge on any atom is 0.184 e. The van der Waals surface area contributed by atoms with Gasteiger partial charge in [0.25, 0.3) is 0 Å². The molecule has 0 saturated heterocycles. The zero-order valence-electron chi connectivity index (χ0n) is 10.5. The molecule has 0 saturated carbocycles. The van der Waals surface area contributed by atoms with Gasteiger partial charge in [0.05, 0.1) is 23.4 Å². The number of fused-ring (bicyclic) bond motifs is 1. The van der Waals surface area contributed by atoms with Crippen LogP contribution in [0.25, 0.3) is 10.2 Å². The Morgan fingerprint density at radius 1 is 1.44 bits per heavy atom. The van der Waals surface area contributed by atoms with Crippen molar-refractivity contribution >= 4 is 38.3 Å². The SMILES string of the molecule is COCCNc1nc2c(OC)cc(C)c(Cl)c2s1. The lowest BCUT2D eigenvalue weighted by Gasteiger charge is -2.04. The first-order valence-corrected chi connectivity index (χ1v) is 6.73. The monoisotopic (exact) mass is 286 g/mol. The Bertz CT molecular complexity index is 556. The first-order valence-electron chi connectivity index (χ1n) is 5.53. The van der Waals surface area contributed by atoms with E-state index in [4.69, 9.17) is 21.1 Å². The van der Waals surface area contributed by atoms with Gasteiger partial charge in [0.15, 0.2) is 5.13 Å². The Morgan fingerprint density at radius 3 is 2.89 bits per heavy atom. The standard InChI is InChI=1S/C12H15ClN2O2S/c1-7-6-8(17-3)10-11(9(7)13)18-12(15-10)14-4-5-16-2/h6H,4-5H2,1-3H3,(H,14,15). The van der Waals surface area contributed by atoms with E-state index in [2.05, 4.69) is 10.3 Å². The van der Waals surface area contributed by atoms with E-state index in [1.807, 2.05) is 13.0 Å². The summed E-state index contributed by atoms with van der Waals surface area (Å²) in [6, 6.07) is 1.91. The second-order valence-electron chi connectivity index (χ2n) is 3.83. The van der Waals surface area contributed by atoms with Gasteiger partial charge >= 0.3 is 0 Å². The zero-order valence-corrected chi connectivity index (χ0v) is 12.1. The number of nitrogens with one attached hydrogen (secondary N) is 1. The van der Waals surface area contributed by atoms with Crippen LogP contribution >= 0.6 is 22.9 Å². The number of aromatic nitrogens is 1. The molecule has 0 fully saturated rings. The highest BCUT2D eigenvalue weighted by molar-refractivity contribution is 7.22. The summed E-state index contributed by atoms with van der Waals surface area (Å²) in [4.78, 5) is 4.50. The summed E-state index contributed by atoms with van der Waals surface area (Å²) in [6.45, 7) is 3.32. The lowest BCUT2D eigenvalue weighted by atomic mass is 10.2. The number of hydrogen-bond donors (Lipinski definition) is 1. The van der Waals surface area contributed by atoms with Gasteiger partial charge in [0, 0.05) is 13.7 Å². The molecular weight excluding hydrogens is 272 g/mol. The van der Waals surface area contributed by atoms with Crippen LogP contribution in [0.4, 0.5) is 5.13 Å². The maximum absolute atomic E-state index is 6.29. The van der Waals surface area contributed by atoms with Crippen LogP contribution in [-0.4, -0.2) is 32.4 Å². The summed E-state index contributed by atoms with van der Waals surface area (Å²) in [5.41, 5.74) is 1.80. The minimum atomic E-state index is 0.639. The molecule has 0 radical (unpaired) electrons. The third-order valence-electron chi connectivity index (χ3n) is 2.56. The fourth-order valence-corrected chi connectivity index (χ4v) is 2.89. The summed E-state index contributed by atoms with van der Waals surface area (Å²) < 4.78 is 11.3. The Hall–Kier alpha value is -1.04. The largest absolute Gasteiger partial charge is 0.494 e. The number of methoxy groups -OCH3 is 2. The molecule has 2 rings (SSSR count). The third kappa shape index (κ3) is 2.53. The number of aryl methyl sites for hydroxylation is 1. The molecule has 6 heteroatoms. The molecule has 4 nitrogen and oxygen atoms in total. The molecule has 0 aliphatic carbocycles. The topological polar surface area (TPSA) is 43.4 Å². The van der Waals surface area contributed by atoms with E-state index in [9.17, 15) is 0 Å². The first-order chi connectivity index (χ1) is 8.67. The van der Waals surface area contributed by atoms with Crippen molar-refractivity contribution in [1.82, 2.24) is 4.98 Å². The molecular formula is C12H15ClN2O2S. The molecule has 98 valence electrons. The van der Waals surface area contributed by atoms with Gasteiger partial charge in [-0.3, -0.25) is 0 Å². The average Bonchev–Trinajstić information content (AvgIpc) is 2.78. The van der Waals surface area contributed by atoms with Crippen molar-refractivity contribution in [3.8, 4) is 5.75 Å². The van der Waals surface area contributed by atoms with Crippen molar-refractivity contribution in [3.05, 3.63) is 16.7 Å². The molecule has 0 aliphatic rings. The van der Waals surface area contributed by atoms with Crippen molar-refractivity contribution in [2.75, 3.05) is 32.7 Å². The van der Waals surface area contributed by atoms with Crippen molar-refractivity contribution < 1.29 is 9.47 Å². The minimum absolute atomic E-state index is 0.639. The van der Waals surface area contributed by atoms with Crippen LogP contribution in [0.1, 0.15) is 5.56 Å². The van der Waals surface area contributed by atoms with Crippen LogP contribution in [0.15, 0.2) is 6.07 Å². The highest BCUT2D eigenvalue weighted by Gasteiger charge is 2.14. The number of anilines is 1. The number of rotatable bonds is 5. The fraction of sp³-hybridized carbons (Fsp3) is 0.417. The van der Waals surface area contributed by atoms with Crippen molar-refractivity contribution in [2.45, 2.75) is 6.92 Å². The minimum Gasteiger partial charge on any atom is -0.494 e. The first kappa shape index (κ1) is 13.4. The van der Waals surface area contributed by atoms with Crippen LogP contribution in [0.3, 0.4) is 0 Å². The molecule has 1 N–H and O–H groups in total. The van der Waals surface area contributed by atoms with Gasteiger partial charge in [-0.25, -0.2) is 4.98 Å². The predicted molar refractivity (Wildman–Crippen MR) is 76.3 cm³/mol. The number of ether oxygens (including phenoxy) is 2. The van der Waals surface area contributed by atoms with E-state index in [0.29, 0.717) is 6.61 Å². The van der Waals surface area contributed by atoms with E-state index in [1.165, 1.54) is 11.3 Å². The van der Waals surface area contributed by atoms with Crippen LogP contribution in [0.5, 0.6) is 5.75 Å². The van der Waals surface area contributed by atoms with Gasteiger partial charge < -0.3 is 14.8 Å². The van der Waals surface area contributed by atoms with E-state index >= 15 is 0 Å². The normalized spacial score (nSPS) is 10.9. The van der Waals surface area contributed by atoms with Gasteiger partial charge in [0.2, 0.25) is 0 Å². The van der Waals surface area contributed by atoms with E-state index < -0.39 is 0 Å². The van der Waals surface area contributed by atoms with Crippen LogP contribution in [-0.2, 0) is 4.74 Å². The molecule has 0 bridgehead atoms. The van der Waals surface area contributed by atoms with Gasteiger partial charge in [-0.05, 0) is 18.6 Å². The molecule has 1 aromatic heterocycles. The number of benzene rings is 1. The lowest BCUT2D eigenvalue weighted by Crippen LogP contribution is -2.06. The summed E-state index contributed by atoms with van der Waals surface area (Å²) in [5, 5.41) is 4.77. The van der Waals surface area contributed by atoms with Crippen LogP contribution in [0, 0.1) is 6.92 Å². The second-order valence-corrected chi connectivity index (χ2v) is 5.20. The molecule has 18 heavy (non-hydrogen) atoms. The van der Waals surface area contributed by atoms with Gasteiger partial charge in [-0.15, -0.1) is 0 Å². The van der Waals surface area contributed by atoms with Gasteiger partial charge in [0.1, 0.15) is 11.3 Å². The van der Waals surface area contributed by atoms with E-state index in [-0.39, 0.29) is 0 Å².